The van der Waals surface area contributed by atoms with Crippen LogP contribution in [0.25, 0.3) is 0 Å². The normalized spacial score (nSPS) is 10.3. The number of anilines is 1. The fraction of sp³-hybridized carbons (Fsp3) is 0.267. The Labute approximate surface area is 123 Å². The topological polar surface area (TPSA) is 54.9 Å². The number of aromatic nitrogens is 2. The van der Waals surface area contributed by atoms with Crippen LogP contribution in [0, 0.1) is 6.92 Å². The van der Waals surface area contributed by atoms with Gasteiger partial charge >= 0.3 is 0 Å². The summed E-state index contributed by atoms with van der Waals surface area (Å²) >= 11 is 1.63. The molecule has 104 valence electrons. The molecular weight excluding hydrogens is 270 g/mol. The van der Waals surface area contributed by atoms with E-state index in [9.17, 15) is 4.79 Å². The van der Waals surface area contributed by atoms with E-state index in [1.165, 1.54) is 11.1 Å². The molecule has 1 aromatic heterocycles. The Morgan fingerprint density at radius 1 is 1.15 bits per heavy atom. The molecule has 0 aliphatic carbocycles. The number of hydrogen-bond acceptors (Lipinski definition) is 4. The third-order valence-electron chi connectivity index (χ3n) is 2.74. The fourth-order valence-corrected chi connectivity index (χ4v) is 2.31. The zero-order valence-electron chi connectivity index (χ0n) is 11.6. The number of nitrogens with one attached hydrogen (secondary N) is 1. The second kappa shape index (κ2) is 7.05. The Bertz CT molecular complexity index is 567. The zero-order valence-corrected chi connectivity index (χ0v) is 12.4. The molecule has 0 spiro atoms. The summed E-state index contributed by atoms with van der Waals surface area (Å²) in [6.45, 7) is 3.88. The third-order valence-corrected chi connectivity index (χ3v) is 3.73. The Morgan fingerprint density at radius 3 is 2.50 bits per heavy atom. The minimum absolute atomic E-state index is 0.0561. The second-order valence-corrected chi connectivity index (χ2v) is 5.43. The van der Waals surface area contributed by atoms with Crippen molar-refractivity contribution in [3.8, 4) is 0 Å². The number of thioether (sulfide) groups is 1. The van der Waals surface area contributed by atoms with Gasteiger partial charge in [-0.25, -0.2) is 0 Å². The highest BCUT2D eigenvalue weighted by atomic mass is 32.2. The first-order chi connectivity index (χ1) is 9.67. The van der Waals surface area contributed by atoms with Gasteiger partial charge in [-0.05, 0) is 24.6 Å². The van der Waals surface area contributed by atoms with E-state index in [0.29, 0.717) is 12.2 Å². The Morgan fingerprint density at radius 2 is 1.90 bits per heavy atom. The maximum absolute atomic E-state index is 11.2. The maximum Gasteiger partial charge on any atom is 0.225 e. The minimum atomic E-state index is -0.0561. The van der Waals surface area contributed by atoms with Gasteiger partial charge in [-0.1, -0.05) is 48.5 Å². The van der Waals surface area contributed by atoms with Gasteiger partial charge in [0.15, 0.2) is 5.82 Å². The molecule has 0 unspecified atom stereocenters. The van der Waals surface area contributed by atoms with Gasteiger partial charge in [0.1, 0.15) is 5.03 Å². The quantitative estimate of drug-likeness (QED) is 0.856. The number of carbonyl (C=O) groups excluding carboxylic acids is 1. The summed E-state index contributed by atoms with van der Waals surface area (Å²) in [6.07, 6.45) is 0.436. The maximum atomic E-state index is 11.2. The predicted octanol–water partition coefficient (Wildman–Crippen LogP) is 3.43. The molecule has 0 radical (unpaired) electrons. The van der Waals surface area contributed by atoms with E-state index in [1.54, 1.807) is 24.8 Å². The summed E-state index contributed by atoms with van der Waals surface area (Å²) < 4.78 is 0. The summed E-state index contributed by atoms with van der Waals surface area (Å²) in [5.41, 5.74) is 2.51. The highest BCUT2D eigenvalue weighted by molar-refractivity contribution is 7.98. The van der Waals surface area contributed by atoms with Gasteiger partial charge in [0.25, 0.3) is 0 Å². The molecular formula is C15H17N3OS. The first-order valence-corrected chi connectivity index (χ1v) is 7.48. The number of carbonyl (C=O) groups is 1. The molecule has 0 aliphatic heterocycles. The predicted molar refractivity (Wildman–Crippen MR) is 81.7 cm³/mol. The second-order valence-electron chi connectivity index (χ2n) is 4.43. The molecule has 1 N–H and O–H groups in total. The van der Waals surface area contributed by atoms with Crippen molar-refractivity contribution in [3.63, 3.8) is 0 Å². The van der Waals surface area contributed by atoms with Crippen molar-refractivity contribution in [2.75, 3.05) is 5.32 Å². The van der Waals surface area contributed by atoms with Crippen LogP contribution in [0.4, 0.5) is 5.82 Å². The third kappa shape index (κ3) is 4.35. The van der Waals surface area contributed by atoms with E-state index in [-0.39, 0.29) is 5.91 Å². The molecule has 0 bridgehead atoms. The van der Waals surface area contributed by atoms with Crippen LogP contribution in [0.3, 0.4) is 0 Å². The van der Waals surface area contributed by atoms with Crippen LogP contribution in [0.1, 0.15) is 24.5 Å². The monoisotopic (exact) mass is 287 g/mol. The summed E-state index contributed by atoms with van der Waals surface area (Å²) in [6, 6.07) is 12.1. The van der Waals surface area contributed by atoms with Crippen molar-refractivity contribution >= 4 is 23.5 Å². The van der Waals surface area contributed by atoms with Crippen LogP contribution in [0.5, 0.6) is 0 Å². The molecule has 1 amide bonds. The lowest BCUT2D eigenvalue weighted by Gasteiger charge is -2.04. The van der Waals surface area contributed by atoms with Crippen LogP contribution in [-0.2, 0) is 10.5 Å². The number of amides is 1. The van der Waals surface area contributed by atoms with Gasteiger partial charge in [0.2, 0.25) is 5.91 Å². The average Bonchev–Trinajstić information content (AvgIpc) is 2.48. The summed E-state index contributed by atoms with van der Waals surface area (Å²) in [7, 11) is 0. The summed E-state index contributed by atoms with van der Waals surface area (Å²) in [5, 5.41) is 11.6. The lowest BCUT2D eigenvalue weighted by molar-refractivity contribution is -0.115. The van der Waals surface area contributed by atoms with Gasteiger partial charge < -0.3 is 5.32 Å². The van der Waals surface area contributed by atoms with Gasteiger partial charge in [-0.2, -0.15) is 0 Å². The molecule has 0 saturated heterocycles. The molecule has 0 atom stereocenters. The molecule has 4 nitrogen and oxygen atoms in total. The van der Waals surface area contributed by atoms with E-state index >= 15 is 0 Å². The number of aryl methyl sites for hydroxylation is 1. The number of rotatable bonds is 5. The van der Waals surface area contributed by atoms with E-state index in [4.69, 9.17) is 0 Å². The highest BCUT2D eigenvalue weighted by Crippen LogP contribution is 2.21. The zero-order chi connectivity index (χ0) is 14.4. The van der Waals surface area contributed by atoms with Crippen LogP contribution in [-0.4, -0.2) is 16.1 Å². The van der Waals surface area contributed by atoms with Crippen molar-refractivity contribution in [2.24, 2.45) is 0 Å². The number of nitrogens with zero attached hydrogens (tertiary/aromatic N) is 2. The van der Waals surface area contributed by atoms with E-state index in [1.807, 2.05) is 6.07 Å². The standard InChI is InChI=1S/C15H17N3OS/c1-3-14(19)16-13-8-9-15(18-17-13)20-10-12-6-4-11(2)5-7-12/h4-9H,3,10H2,1-2H3,(H,16,17,19). The molecule has 1 aromatic carbocycles. The molecule has 1 heterocycles. The Balaban J connectivity index is 1.90. The number of hydrogen-bond donors (Lipinski definition) is 1. The SMILES string of the molecule is CCC(=O)Nc1ccc(SCc2ccc(C)cc2)nn1. The van der Waals surface area contributed by atoms with Gasteiger partial charge in [0, 0.05) is 12.2 Å². The largest absolute Gasteiger partial charge is 0.309 e. The lowest BCUT2D eigenvalue weighted by atomic mass is 10.2. The van der Waals surface area contributed by atoms with Crippen LogP contribution < -0.4 is 5.32 Å². The van der Waals surface area contributed by atoms with Gasteiger partial charge in [-0.3, -0.25) is 4.79 Å². The van der Waals surface area contributed by atoms with Crippen molar-refractivity contribution in [3.05, 3.63) is 47.5 Å². The molecule has 2 aromatic rings. The van der Waals surface area contributed by atoms with Crippen LogP contribution in [0.2, 0.25) is 0 Å². The number of benzene rings is 1. The molecule has 0 saturated carbocycles. The average molecular weight is 287 g/mol. The Hall–Kier alpha value is -1.88. The smallest absolute Gasteiger partial charge is 0.225 e. The summed E-state index contributed by atoms with van der Waals surface area (Å²) in [4.78, 5) is 11.2. The minimum Gasteiger partial charge on any atom is -0.309 e. The molecule has 5 heteroatoms. The van der Waals surface area contributed by atoms with Crippen molar-refractivity contribution in [1.82, 2.24) is 10.2 Å². The molecule has 2 rings (SSSR count). The van der Waals surface area contributed by atoms with Crippen LogP contribution >= 0.6 is 11.8 Å². The van der Waals surface area contributed by atoms with Crippen LogP contribution in [0.15, 0.2) is 41.4 Å². The molecule has 0 aliphatic rings. The van der Waals surface area contributed by atoms with Crippen molar-refractivity contribution in [2.45, 2.75) is 31.0 Å². The van der Waals surface area contributed by atoms with Gasteiger partial charge in [0.05, 0.1) is 0 Å². The first kappa shape index (κ1) is 14.5. The van der Waals surface area contributed by atoms with E-state index < -0.39 is 0 Å². The van der Waals surface area contributed by atoms with Crippen molar-refractivity contribution < 1.29 is 4.79 Å². The molecule has 0 fully saturated rings. The fourth-order valence-electron chi connectivity index (χ4n) is 1.54. The molecule has 20 heavy (non-hydrogen) atoms. The van der Waals surface area contributed by atoms with Crippen molar-refractivity contribution in [1.29, 1.82) is 0 Å². The van der Waals surface area contributed by atoms with Gasteiger partial charge in [-0.15, -0.1) is 10.2 Å². The van der Waals surface area contributed by atoms with E-state index in [0.717, 1.165) is 10.8 Å². The lowest BCUT2D eigenvalue weighted by Crippen LogP contribution is -2.11. The first-order valence-electron chi connectivity index (χ1n) is 6.49. The van der Waals surface area contributed by atoms with E-state index in [2.05, 4.69) is 46.7 Å². The summed E-state index contributed by atoms with van der Waals surface area (Å²) in [5.74, 6) is 1.30. The Kier molecular flexibility index (Phi) is 5.12. The highest BCUT2D eigenvalue weighted by Gasteiger charge is 2.02.